The van der Waals surface area contributed by atoms with E-state index in [-0.39, 0.29) is 6.61 Å². The number of hydrogen-bond acceptors (Lipinski definition) is 7. The van der Waals surface area contributed by atoms with Gasteiger partial charge in [0.25, 0.3) is 0 Å². The van der Waals surface area contributed by atoms with Crippen LogP contribution in [0.15, 0.2) is 42.5 Å². The van der Waals surface area contributed by atoms with Crippen molar-refractivity contribution in [1.82, 2.24) is 14.9 Å². The Morgan fingerprint density at radius 3 is 2.68 bits per heavy atom. The fourth-order valence-electron chi connectivity index (χ4n) is 3.68. The number of hydrazine groups is 1. The highest BCUT2D eigenvalue weighted by atomic mass is 35.5. The molecule has 2 heterocycles. The minimum absolute atomic E-state index is 0.222. The number of nitrogens with zero attached hydrogens (tertiary/aromatic N) is 4. The molecular formula is C22H25ClN4O3S. The molecule has 31 heavy (non-hydrogen) atoms. The van der Waals surface area contributed by atoms with E-state index in [2.05, 4.69) is 9.88 Å². The number of amides is 1. The van der Waals surface area contributed by atoms with E-state index in [1.807, 2.05) is 42.3 Å². The van der Waals surface area contributed by atoms with Gasteiger partial charge in [-0.2, -0.15) is 0 Å². The SMILES string of the molecule is Cc1nc2cc(OC[C@H](O)CN3CCN(N(C=O)c4ccc(Cl)cc4)CC3)ccc2s1. The van der Waals surface area contributed by atoms with E-state index in [9.17, 15) is 9.90 Å². The molecule has 0 saturated carbocycles. The van der Waals surface area contributed by atoms with Crippen molar-refractivity contribution in [2.24, 2.45) is 0 Å². The molecule has 4 rings (SSSR count). The Labute approximate surface area is 190 Å². The molecule has 0 unspecified atom stereocenters. The van der Waals surface area contributed by atoms with Crippen LogP contribution in [-0.2, 0) is 4.79 Å². The number of benzene rings is 2. The molecule has 1 saturated heterocycles. The molecule has 3 aromatic rings. The molecule has 0 aliphatic carbocycles. The number of ether oxygens (including phenoxy) is 1. The van der Waals surface area contributed by atoms with Crippen LogP contribution < -0.4 is 9.75 Å². The zero-order valence-electron chi connectivity index (χ0n) is 17.3. The zero-order valence-corrected chi connectivity index (χ0v) is 18.8. The minimum Gasteiger partial charge on any atom is -0.491 e. The first-order valence-electron chi connectivity index (χ1n) is 10.2. The van der Waals surface area contributed by atoms with Gasteiger partial charge in [0.1, 0.15) is 18.5 Å². The quantitative estimate of drug-likeness (QED) is 0.521. The molecule has 1 atom stereocenters. The van der Waals surface area contributed by atoms with Gasteiger partial charge in [-0.1, -0.05) is 11.6 Å². The topological polar surface area (TPSA) is 69.1 Å². The van der Waals surface area contributed by atoms with Crippen molar-refractivity contribution in [3.05, 3.63) is 52.5 Å². The van der Waals surface area contributed by atoms with Crippen molar-refractivity contribution in [2.75, 3.05) is 44.3 Å². The lowest BCUT2D eigenvalue weighted by atomic mass is 10.2. The number of piperazine rings is 1. The third-order valence-electron chi connectivity index (χ3n) is 5.22. The molecule has 9 heteroatoms. The second-order valence-electron chi connectivity index (χ2n) is 7.51. The number of β-amino-alcohol motifs (C(OH)–C–C–N with tert-alkyl or cyclic N) is 1. The lowest BCUT2D eigenvalue weighted by molar-refractivity contribution is -0.110. The Kier molecular flexibility index (Phi) is 7.04. The Bertz CT molecular complexity index is 1020. The first-order chi connectivity index (χ1) is 15.0. The number of aromatic nitrogens is 1. The largest absolute Gasteiger partial charge is 0.491 e. The average Bonchev–Trinajstić information content (AvgIpc) is 3.14. The van der Waals surface area contributed by atoms with Crippen LogP contribution in [0, 0.1) is 6.92 Å². The van der Waals surface area contributed by atoms with Crippen molar-refractivity contribution in [3.63, 3.8) is 0 Å². The smallest absolute Gasteiger partial charge is 0.228 e. The van der Waals surface area contributed by atoms with E-state index in [1.54, 1.807) is 28.5 Å². The summed E-state index contributed by atoms with van der Waals surface area (Å²) >= 11 is 7.59. The highest BCUT2D eigenvalue weighted by molar-refractivity contribution is 7.18. The molecular weight excluding hydrogens is 436 g/mol. The number of halogens is 1. The molecule has 0 radical (unpaired) electrons. The number of thiazole rings is 1. The fraction of sp³-hybridized carbons (Fsp3) is 0.364. The van der Waals surface area contributed by atoms with Crippen molar-refractivity contribution in [1.29, 1.82) is 0 Å². The van der Waals surface area contributed by atoms with Crippen LogP contribution in [0.25, 0.3) is 10.2 Å². The molecule has 7 nitrogen and oxygen atoms in total. The second kappa shape index (κ2) is 9.93. The predicted octanol–water partition coefficient (Wildman–Crippen LogP) is 3.19. The number of rotatable bonds is 8. The number of aryl methyl sites for hydroxylation is 1. The van der Waals surface area contributed by atoms with E-state index >= 15 is 0 Å². The summed E-state index contributed by atoms with van der Waals surface area (Å²) in [5, 5.41) is 15.7. The fourth-order valence-corrected chi connectivity index (χ4v) is 4.61. The number of carbonyl (C=O) groups is 1. The Morgan fingerprint density at radius 2 is 1.97 bits per heavy atom. The standard InChI is InChI=1S/C22H25ClN4O3S/c1-16-24-21-12-20(6-7-22(21)31-16)30-14-19(29)13-25-8-10-26(11-9-25)27(15-28)18-4-2-17(23)3-5-18/h2-7,12,15,19,29H,8-11,13-14H2,1H3/t19-/m1/s1. The van der Waals surface area contributed by atoms with Crippen LogP contribution in [-0.4, -0.2) is 71.8 Å². The maximum absolute atomic E-state index is 11.6. The summed E-state index contributed by atoms with van der Waals surface area (Å²) in [4.78, 5) is 18.3. The van der Waals surface area contributed by atoms with E-state index in [1.165, 1.54) is 0 Å². The summed E-state index contributed by atoms with van der Waals surface area (Å²) in [5.41, 5.74) is 1.71. The molecule has 1 aliphatic rings. The number of aliphatic hydroxyl groups excluding tert-OH is 1. The number of hydrogen-bond donors (Lipinski definition) is 1. The second-order valence-corrected chi connectivity index (χ2v) is 9.18. The highest BCUT2D eigenvalue weighted by Gasteiger charge is 2.24. The van der Waals surface area contributed by atoms with Gasteiger partial charge in [0.2, 0.25) is 6.41 Å². The van der Waals surface area contributed by atoms with Crippen LogP contribution in [0.5, 0.6) is 5.75 Å². The Morgan fingerprint density at radius 1 is 1.23 bits per heavy atom. The van der Waals surface area contributed by atoms with Crippen molar-refractivity contribution in [2.45, 2.75) is 13.0 Å². The third kappa shape index (κ3) is 5.53. The first kappa shape index (κ1) is 22.0. The van der Waals surface area contributed by atoms with Gasteiger partial charge < -0.3 is 9.84 Å². The summed E-state index contributed by atoms with van der Waals surface area (Å²) in [7, 11) is 0. The molecule has 1 aromatic heterocycles. The summed E-state index contributed by atoms with van der Waals surface area (Å²) in [5.74, 6) is 0.714. The summed E-state index contributed by atoms with van der Waals surface area (Å²) in [6, 6.07) is 13.0. The number of anilines is 1. The van der Waals surface area contributed by atoms with E-state index in [4.69, 9.17) is 16.3 Å². The van der Waals surface area contributed by atoms with Gasteiger partial charge >= 0.3 is 0 Å². The number of carbonyl (C=O) groups excluding carboxylic acids is 1. The van der Waals surface area contributed by atoms with Crippen LogP contribution in [0.1, 0.15) is 5.01 Å². The monoisotopic (exact) mass is 460 g/mol. The molecule has 2 aromatic carbocycles. The summed E-state index contributed by atoms with van der Waals surface area (Å²) in [6.45, 7) is 5.61. The molecule has 1 amide bonds. The van der Waals surface area contributed by atoms with E-state index in [0.717, 1.165) is 40.4 Å². The Hall–Kier alpha value is -2.23. The average molecular weight is 461 g/mol. The molecule has 1 fully saturated rings. The van der Waals surface area contributed by atoms with Crippen LogP contribution in [0.2, 0.25) is 5.02 Å². The van der Waals surface area contributed by atoms with Crippen molar-refractivity contribution < 1.29 is 14.6 Å². The maximum atomic E-state index is 11.6. The maximum Gasteiger partial charge on any atom is 0.228 e. The van der Waals surface area contributed by atoms with Gasteiger partial charge in [0, 0.05) is 43.8 Å². The highest BCUT2D eigenvalue weighted by Crippen LogP contribution is 2.25. The van der Waals surface area contributed by atoms with Gasteiger partial charge in [-0.25, -0.2) is 15.0 Å². The summed E-state index contributed by atoms with van der Waals surface area (Å²) < 4.78 is 6.91. The van der Waals surface area contributed by atoms with Crippen LogP contribution in [0.3, 0.4) is 0 Å². The van der Waals surface area contributed by atoms with Crippen molar-refractivity contribution in [3.8, 4) is 5.75 Å². The molecule has 0 bridgehead atoms. The predicted molar refractivity (Wildman–Crippen MR) is 124 cm³/mol. The third-order valence-corrected chi connectivity index (χ3v) is 6.43. The first-order valence-corrected chi connectivity index (χ1v) is 11.4. The van der Waals surface area contributed by atoms with Gasteiger partial charge in [-0.05, 0) is 43.3 Å². The van der Waals surface area contributed by atoms with Gasteiger partial charge in [-0.3, -0.25) is 9.69 Å². The molecule has 1 N–H and O–H groups in total. The van der Waals surface area contributed by atoms with Crippen LogP contribution in [0.4, 0.5) is 5.69 Å². The van der Waals surface area contributed by atoms with Gasteiger partial charge in [0.05, 0.1) is 20.9 Å². The van der Waals surface area contributed by atoms with Gasteiger partial charge in [0.15, 0.2) is 0 Å². The molecule has 164 valence electrons. The normalized spacial score (nSPS) is 16.4. The van der Waals surface area contributed by atoms with E-state index < -0.39 is 6.10 Å². The van der Waals surface area contributed by atoms with Gasteiger partial charge in [-0.15, -0.1) is 11.3 Å². The van der Waals surface area contributed by atoms with E-state index in [0.29, 0.717) is 30.4 Å². The Balaban J connectivity index is 1.25. The number of aliphatic hydroxyl groups is 1. The number of fused-ring (bicyclic) bond motifs is 1. The van der Waals surface area contributed by atoms with Crippen molar-refractivity contribution >= 4 is 45.3 Å². The lowest BCUT2D eigenvalue weighted by Gasteiger charge is -2.39. The molecule has 1 aliphatic heterocycles. The molecule has 0 spiro atoms. The zero-order chi connectivity index (χ0) is 21.8. The summed E-state index contributed by atoms with van der Waals surface area (Å²) in [6.07, 6.45) is 0.222. The minimum atomic E-state index is -0.599. The lowest BCUT2D eigenvalue weighted by Crippen LogP contribution is -2.55. The van der Waals surface area contributed by atoms with Crippen LogP contribution >= 0.6 is 22.9 Å².